The Balaban J connectivity index is 2.00. The lowest BCUT2D eigenvalue weighted by Crippen LogP contribution is -2.65. The van der Waals surface area contributed by atoms with Crippen molar-refractivity contribution in [3.63, 3.8) is 0 Å². The molecule has 1 heterocycles. The monoisotopic (exact) mass is 268 g/mol. The number of hydrogen-bond acceptors (Lipinski definition) is 3. The fourth-order valence-corrected chi connectivity index (χ4v) is 3.50. The minimum atomic E-state index is 0.330. The molecule has 0 aromatic rings. The van der Waals surface area contributed by atoms with Crippen LogP contribution in [-0.2, 0) is 4.74 Å². The standard InChI is InChI=1S/C16H32N2O/c1-12(2)8-15-10-18(9-13(3)19-5)16(4,11-17-15)14-6-7-14/h12-15,17H,6-11H2,1-5H3. The molecule has 1 aliphatic carbocycles. The van der Waals surface area contributed by atoms with Crippen LogP contribution in [0, 0.1) is 11.8 Å². The van der Waals surface area contributed by atoms with Crippen LogP contribution < -0.4 is 5.32 Å². The normalized spacial score (nSPS) is 34.7. The van der Waals surface area contributed by atoms with Crippen molar-refractivity contribution < 1.29 is 4.74 Å². The van der Waals surface area contributed by atoms with Crippen LogP contribution in [0.25, 0.3) is 0 Å². The van der Waals surface area contributed by atoms with E-state index in [1.54, 1.807) is 0 Å². The summed E-state index contributed by atoms with van der Waals surface area (Å²) in [5, 5.41) is 3.80. The lowest BCUT2D eigenvalue weighted by atomic mass is 9.87. The highest BCUT2D eigenvalue weighted by atomic mass is 16.5. The Morgan fingerprint density at radius 2 is 2.00 bits per heavy atom. The van der Waals surface area contributed by atoms with Crippen molar-refractivity contribution in [1.29, 1.82) is 0 Å². The quantitative estimate of drug-likeness (QED) is 0.801. The van der Waals surface area contributed by atoms with Crippen LogP contribution in [0.1, 0.15) is 47.0 Å². The summed E-state index contributed by atoms with van der Waals surface area (Å²) >= 11 is 0. The summed E-state index contributed by atoms with van der Waals surface area (Å²) in [6.45, 7) is 12.7. The van der Waals surface area contributed by atoms with Gasteiger partial charge in [-0.1, -0.05) is 13.8 Å². The maximum absolute atomic E-state index is 5.50. The largest absolute Gasteiger partial charge is 0.380 e. The van der Waals surface area contributed by atoms with E-state index >= 15 is 0 Å². The number of methoxy groups -OCH3 is 1. The number of hydrogen-bond donors (Lipinski definition) is 1. The summed E-state index contributed by atoms with van der Waals surface area (Å²) in [5.41, 5.74) is 0.347. The lowest BCUT2D eigenvalue weighted by Gasteiger charge is -2.49. The molecule has 0 aromatic heterocycles. The summed E-state index contributed by atoms with van der Waals surface area (Å²) in [6, 6.07) is 0.649. The first-order valence-electron chi connectivity index (χ1n) is 7.97. The first kappa shape index (κ1) is 15.3. The number of piperazine rings is 1. The summed E-state index contributed by atoms with van der Waals surface area (Å²) < 4.78 is 5.50. The van der Waals surface area contributed by atoms with E-state index in [0.717, 1.165) is 24.9 Å². The maximum Gasteiger partial charge on any atom is 0.0670 e. The van der Waals surface area contributed by atoms with Crippen LogP contribution in [-0.4, -0.2) is 49.3 Å². The van der Waals surface area contributed by atoms with Gasteiger partial charge in [-0.05, 0) is 44.9 Å². The molecule has 1 saturated heterocycles. The van der Waals surface area contributed by atoms with E-state index in [1.165, 1.54) is 25.8 Å². The fraction of sp³-hybridized carbons (Fsp3) is 1.00. The van der Waals surface area contributed by atoms with Crippen molar-refractivity contribution in [2.75, 3.05) is 26.7 Å². The van der Waals surface area contributed by atoms with Gasteiger partial charge in [0, 0.05) is 38.3 Å². The Hall–Kier alpha value is -0.120. The molecule has 1 saturated carbocycles. The maximum atomic E-state index is 5.50. The molecule has 1 aliphatic heterocycles. The highest BCUT2D eigenvalue weighted by molar-refractivity contribution is 5.05. The molecule has 3 atom stereocenters. The van der Waals surface area contributed by atoms with Gasteiger partial charge in [0.05, 0.1) is 6.10 Å². The van der Waals surface area contributed by atoms with Gasteiger partial charge >= 0.3 is 0 Å². The molecule has 0 spiro atoms. The Bertz CT molecular complexity index is 290. The molecule has 3 nitrogen and oxygen atoms in total. The van der Waals surface area contributed by atoms with E-state index in [0.29, 0.717) is 17.7 Å². The van der Waals surface area contributed by atoms with Crippen LogP contribution in [0.4, 0.5) is 0 Å². The molecule has 0 amide bonds. The van der Waals surface area contributed by atoms with Crippen LogP contribution in [0.15, 0.2) is 0 Å². The topological polar surface area (TPSA) is 24.5 Å². The summed E-state index contributed by atoms with van der Waals surface area (Å²) in [6.07, 6.45) is 4.42. The van der Waals surface area contributed by atoms with Crippen LogP contribution >= 0.6 is 0 Å². The van der Waals surface area contributed by atoms with Crippen LogP contribution in [0.3, 0.4) is 0 Å². The molecular formula is C16H32N2O. The average Bonchev–Trinajstić information content (AvgIpc) is 3.17. The molecule has 0 radical (unpaired) electrons. The molecular weight excluding hydrogens is 236 g/mol. The fourth-order valence-electron chi connectivity index (χ4n) is 3.50. The van der Waals surface area contributed by atoms with Crippen molar-refractivity contribution in [3.05, 3.63) is 0 Å². The van der Waals surface area contributed by atoms with Crippen molar-refractivity contribution in [2.45, 2.75) is 64.6 Å². The summed E-state index contributed by atoms with van der Waals surface area (Å²) in [5.74, 6) is 1.66. The Labute approximate surface area is 119 Å². The zero-order valence-electron chi connectivity index (χ0n) is 13.4. The highest BCUT2D eigenvalue weighted by Crippen LogP contribution is 2.44. The van der Waals surface area contributed by atoms with Crippen molar-refractivity contribution in [2.24, 2.45) is 11.8 Å². The molecule has 0 aromatic carbocycles. The number of rotatable bonds is 6. The van der Waals surface area contributed by atoms with E-state index < -0.39 is 0 Å². The number of ether oxygens (including phenoxy) is 1. The summed E-state index contributed by atoms with van der Waals surface area (Å²) in [4.78, 5) is 2.71. The number of nitrogens with one attached hydrogen (secondary N) is 1. The first-order valence-corrected chi connectivity index (χ1v) is 7.97. The van der Waals surface area contributed by atoms with Gasteiger partial charge in [-0.15, -0.1) is 0 Å². The second-order valence-corrected chi connectivity index (χ2v) is 7.29. The molecule has 3 heteroatoms. The van der Waals surface area contributed by atoms with E-state index in [9.17, 15) is 0 Å². The second-order valence-electron chi connectivity index (χ2n) is 7.29. The van der Waals surface area contributed by atoms with Gasteiger partial charge in [0.25, 0.3) is 0 Å². The molecule has 2 rings (SSSR count). The third-order valence-corrected chi connectivity index (χ3v) is 5.00. The molecule has 2 aliphatic rings. The van der Waals surface area contributed by atoms with E-state index in [1.807, 2.05) is 7.11 Å². The van der Waals surface area contributed by atoms with Gasteiger partial charge in [0.2, 0.25) is 0 Å². The third kappa shape index (κ3) is 3.71. The van der Waals surface area contributed by atoms with Crippen LogP contribution in [0.5, 0.6) is 0 Å². The van der Waals surface area contributed by atoms with E-state index in [4.69, 9.17) is 4.74 Å². The SMILES string of the molecule is COC(C)CN1CC(CC(C)C)NCC1(C)C1CC1. The van der Waals surface area contributed by atoms with Gasteiger partial charge in [0.15, 0.2) is 0 Å². The predicted molar refractivity (Wildman–Crippen MR) is 80.4 cm³/mol. The number of nitrogens with zero attached hydrogens (tertiary/aromatic N) is 1. The zero-order valence-corrected chi connectivity index (χ0v) is 13.4. The van der Waals surface area contributed by atoms with Crippen LogP contribution in [0.2, 0.25) is 0 Å². The average molecular weight is 268 g/mol. The Morgan fingerprint density at radius 3 is 2.53 bits per heavy atom. The Morgan fingerprint density at radius 1 is 1.32 bits per heavy atom. The molecule has 0 bridgehead atoms. The Kier molecular flexibility index (Phi) is 4.91. The van der Waals surface area contributed by atoms with Crippen molar-refractivity contribution >= 4 is 0 Å². The van der Waals surface area contributed by atoms with Gasteiger partial charge in [-0.25, -0.2) is 0 Å². The van der Waals surface area contributed by atoms with Gasteiger partial charge < -0.3 is 10.1 Å². The highest BCUT2D eigenvalue weighted by Gasteiger charge is 2.48. The summed E-state index contributed by atoms with van der Waals surface area (Å²) in [7, 11) is 1.83. The molecule has 3 unspecified atom stereocenters. The minimum Gasteiger partial charge on any atom is -0.380 e. The smallest absolute Gasteiger partial charge is 0.0670 e. The van der Waals surface area contributed by atoms with Gasteiger partial charge in [-0.3, -0.25) is 4.90 Å². The predicted octanol–water partition coefficient (Wildman–Crippen LogP) is 2.51. The minimum absolute atomic E-state index is 0.330. The second kappa shape index (κ2) is 6.11. The van der Waals surface area contributed by atoms with Gasteiger partial charge in [-0.2, -0.15) is 0 Å². The molecule has 2 fully saturated rings. The molecule has 112 valence electrons. The van der Waals surface area contributed by atoms with Crippen molar-refractivity contribution in [3.8, 4) is 0 Å². The molecule has 1 N–H and O–H groups in total. The zero-order chi connectivity index (χ0) is 14.0. The van der Waals surface area contributed by atoms with Gasteiger partial charge in [0.1, 0.15) is 0 Å². The van der Waals surface area contributed by atoms with Crippen molar-refractivity contribution in [1.82, 2.24) is 10.2 Å². The lowest BCUT2D eigenvalue weighted by molar-refractivity contribution is -0.0124. The first-order chi connectivity index (χ1) is 8.95. The third-order valence-electron chi connectivity index (χ3n) is 5.00. The van der Waals surface area contributed by atoms with E-state index in [-0.39, 0.29) is 0 Å². The van der Waals surface area contributed by atoms with E-state index in [2.05, 4.69) is 37.9 Å². The molecule has 19 heavy (non-hydrogen) atoms.